The normalized spacial score (nSPS) is 17.5. The van der Waals surface area contributed by atoms with Crippen LogP contribution in [0.2, 0.25) is 0 Å². The first-order valence-corrected chi connectivity index (χ1v) is 12.1. The van der Waals surface area contributed by atoms with Crippen molar-refractivity contribution in [3.05, 3.63) is 98.1 Å². The highest BCUT2D eigenvalue weighted by atomic mass is 127. The summed E-state index contributed by atoms with van der Waals surface area (Å²) < 4.78 is 8.74. The van der Waals surface area contributed by atoms with Crippen molar-refractivity contribution in [3.63, 3.8) is 0 Å². The first-order valence-electron chi connectivity index (χ1n) is 11.0. The highest BCUT2D eigenvalue weighted by Crippen LogP contribution is 2.35. The number of aryl methyl sites for hydroxylation is 1. The summed E-state index contributed by atoms with van der Waals surface area (Å²) in [5, 5.41) is 14.0. The van der Waals surface area contributed by atoms with Gasteiger partial charge in [-0.1, -0.05) is 11.8 Å². The highest BCUT2D eigenvalue weighted by molar-refractivity contribution is 14.1. The summed E-state index contributed by atoms with van der Waals surface area (Å²) in [4.78, 5) is 14.9. The number of rotatable bonds is 4. The number of fused-ring (bicyclic) bond motifs is 2. The Bertz CT molecular complexity index is 1480. The van der Waals surface area contributed by atoms with E-state index >= 15 is 0 Å². The lowest BCUT2D eigenvalue weighted by molar-refractivity contribution is -0.646. The fraction of sp³-hybridized carbons (Fsp3) is 0.143. The molecular weight excluding hydrogens is 539 g/mol. The number of pyridine rings is 1. The highest BCUT2D eigenvalue weighted by Gasteiger charge is 2.28. The zero-order chi connectivity index (χ0) is 24.0. The van der Waals surface area contributed by atoms with Gasteiger partial charge in [-0.25, -0.2) is 0 Å². The Labute approximate surface area is 212 Å². The lowest BCUT2D eigenvalue weighted by Gasteiger charge is -2.31. The number of halogens is 1. The lowest BCUT2D eigenvalue weighted by Crippen LogP contribution is -2.35. The molecule has 2 heterocycles. The van der Waals surface area contributed by atoms with Crippen LogP contribution in [0.1, 0.15) is 18.2 Å². The number of hydrogen-bond acceptors (Lipinski definition) is 4. The van der Waals surface area contributed by atoms with Gasteiger partial charge in [0, 0.05) is 62.3 Å². The second-order valence-corrected chi connectivity index (χ2v) is 9.51. The average molecular weight is 562 g/mol. The average Bonchev–Trinajstić information content (AvgIpc) is 2.83. The monoisotopic (exact) mass is 562 g/mol. The van der Waals surface area contributed by atoms with Crippen LogP contribution in [0.5, 0.6) is 5.75 Å². The Morgan fingerprint density at radius 2 is 1.91 bits per heavy atom. The minimum atomic E-state index is -0.223. The number of ketones is 1. The molecule has 0 bridgehead atoms. The second-order valence-electron chi connectivity index (χ2n) is 8.27. The van der Waals surface area contributed by atoms with Gasteiger partial charge in [-0.05, 0) is 78.1 Å². The number of ether oxygens (including phenoxy) is 1. The van der Waals surface area contributed by atoms with Gasteiger partial charge in [0.2, 0.25) is 11.2 Å². The summed E-state index contributed by atoms with van der Waals surface area (Å²) in [6.07, 6.45) is 7.26. The predicted octanol–water partition coefficient (Wildman–Crippen LogP) is 4.30. The summed E-state index contributed by atoms with van der Waals surface area (Å²) >= 11 is 2.29. The number of nitrogens with zero attached hydrogens (tertiary/aromatic N) is 2. The number of hydrogen-bond donors (Lipinski definition) is 0. The summed E-state index contributed by atoms with van der Waals surface area (Å²) in [6.45, 7) is 2.56. The summed E-state index contributed by atoms with van der Waals surface area (Å²) in [7, 11) is 3.87. The van der Waals surface area contributed by atoms with E-state index in [2.05, 4.69) is 28.7 Å². The van der Waals surface area contributed by atoms with E-state index < -0.39 is 0 Å². The molecule has 0 amide bonds. The van der Waals surface area contributed by atoms with E-state index in [0.29, 0.717) is 6.61 Å². The topological polar surface area (TPSA) is 56.5 Å². The molecule has 2 aromatic carbocycles. The van der Waals surface area contributed by atoms with Crippen LogP contribution < -0.4 is 19.3 Å². The number of Topliss-reactive ketones (excluding diaryl/α,β-unsaturated/α-hetero) is 1. The maximum atomic E-state index is 12.9. The SMILES string of the molecule is CCOc1ccc2c(c1)C=C/C(=C/C1=C([O-])C(=C/c3ccc4cc(I)ccc4[n+]3C)/C1=O)N2C. The van der Waals surface area contributed by atoms with Crippen LogP contribution in [0.25, 0.3) is 23.1 Å². The molecule has 1 aromatic heterocycles. The van der Waals surface area contributed by atoms with E-state index in [-0.39, 0.29) is 22.7 Å². The van der Waals surface area contributed by atoms with Crippen molar-refractivity contribution in [2.45, 2.75) is 6.92 Å². The van der Waals surface area contributed by atoms with Crippen LogP contribution in [0.3, 0.4) is 0 Å². The minimum Gasteiger partial charge on any atom is -0.871 e. The van der Waals surface area contributed by atoms with Crippen molar-refractivity contribution >= 4 is 57.1 Å². The number of likely N-dealkylation sites (N-methyl/N-ethyl adjacent to an activating group) is 1. The smallest absolute Gasteiger partial charge is 0.212 e. The summed E-state index contributed by atoms with van der Waals surface area (Å²) in [5.41, 5.74) is 5.10. The molecule has 34 heavy (non-hydrogen) atoms. The standard InChI is InChI=1S/C28H23IN2O3/c1-4-34-22-10-12-26-18(14-22)6-9-21(31(26)3)16-24-27(32)23(28(24)33)15-20-8-5-17-13-19(29)7-11-25(17)30(20)2/h5-16H,4H2,1-3H3. The molecule has 2 aliphatic rings. The Morgan fingerprint density at radius 1 is 1.09 bits per heavy atom. The molecule has 170 valence electrons. The number of benzene rings is 2. The van der Waals surface area contributed by atoms with Crippen LogP contribution in [0.4, 0.5) is 5.69 Å². The van der Waals surface area contributed by atoms with Gasteiger partial charge in [-0.3, -0.25) is 4.79 Å². The molecule has 5 rings (SSSR count). The maximum Gasteiger partial charge on any atom is 0.212 e. The molecule has 0 atom stereocenters. The Hall–Kier alpha value is -3.39. The molecular formula is C28H23IN2O3. The fourth-order valence-electron chi connectivity index (χ4n) is 4.33. The third kappa shape index (κ3) is 3.81. The van der Waals surface area contributed by atoms with Crippen LogP contribution >= 0.6 is 22.6 Å². The molecule has 0 spiro atoms. The van der Waals surface area contributed by atoms with E-state index in [9.17, 15) is 9.90 Å². The number of carbonyl (C=O) groups is 1. The van der Waals surface area contributed by atoms with Crippen molar-refractivity contribution in [1.29, 1.82) is 0 Å². The Balaban J connectivity index is 1.46. The lowest BCUT2D eigenvalue weighted by atomic mass is 9.86. The van der Waals surface area contributed by atoms with E-state index in [1.54, 1.807) is 12.2 Å². The molecule has 0 radical (unpaired) electrons. The molecule has 0 fully saturated rings. The fourth-order valence-corrected chi connectivity index (χ4v) is 4.84. The zero-order valence-corrected chi connectivity index (χ0v) is 21.3. The first-order chi connectivity index (χ1) is 16.4. The van der Waals surface area contributed by atoms with Crippen molar-refractivity contribution < 1.29 is 19.2 Å². The molecule has 5 nitrogen and oxygen atoms in total. The molecule has 0 saturated heterocycles. The maximum absolute atomic E-state index is 12.9. The number of carbonyl (C=O) groups excluding carboxylic acids is 1. The quantitative estimate of drug-likeness (QED) is 0.271. The molecule has 1 aliphatic heterocycles. The second kappa shape index (κ2) is 8.76. The molecule has 3 aromatic rings. The zero-order valence-electron chi connectivity index (χ0n) is 19.1. The van der Waals surface area contributed by atoms with Crippen LogP contribution in [0.15, 0.2) is 83.3 Å². The predicted molar refractivity (Wildman–Crippen MR) is 141 cm³/mol. The molecule has 0 unspecified atom stereocenters. The molecule has 0 N–H and O–H groups in total. The van der Waals surface area contributed by atoms with Gasteiger partial charge in [0.1, 0.15) is 12.8 Å². The van der Waals surface area contributed by atoms with Crippen molar-refractivity contribution in [1.82, 2.24) is 0 Å². The van der Waals surface area contributed by atoms with Crippen molar-refractivity contribution in [2.24, 2.45) is 7.05 Å². The largest absolute Gasteiger partial charge is 0.871 e. The Morgan fingerprint density at radius 3 is 2.68 bits per heavy atom. The Kier molecular flexibility index (Phi) is 5.77. The van der Waals surface area contributed by atoms with E-state index in [1.807, 2.05) is 85.1 Å². The van der Waals surface area contributed by atoms with Gasteiger partial charge in [-0.2, -0.15) is 4.57 Å². The van der Waals surface area contributed by atoms with Crippen LogP contribution in [-0.4, -0.2) is 19.4 Å². The van der Waals surface area contributed by atoms with Gasteiger partial charge in [0.05, 0.1) is 6.61 Å². The first kappa shape index (κ1) is 22.4. The molecule has 0 saturated carbocycles. The van der Waals surface area contributed by atoms with Gasteiger partial charge in [0.15, 0.2) is 5.78 Å². The van der Waals surface area contributed by atoms with E-state index in [1.165, 1.54) is 0 Å². The van der Waals surface area contributed by atoms with Gasteiger partial charge >= 0.3 is 0 Å². The number of anilines is 1. The van der Waals surface area contributed by atoms with Crippen molar-refractivity contribution in [3.8, 4) is 5.75 Å². The van der Waals surface area contributed by atoms with Gasteiger partial charge in [0.25, 0.3) is 0 Å². The van der Waals surface area contributed by atoms with E-state index in [4.69, 9.17) is 4.74 Å². The third-order valence-electron chi connectivity index (χ3n) is 6.23. The molecule has 6 heteroatoms. The minimum absolute atomic E-state index is 0.213. The molecule has 1 aliphatic carbocycles. The van der Waals surface area contributed by atoms with Crippen LogP contribution in [-0.2, 0) is 11.8 Å². The summed E-state index contributed by atoms with van der Waals surface area (Å²) in [6, 6.07) is 16.0. The van der Waals surface area contributed by atoms with Crippen LogP contribution in [0, 0.1) is 3.57 Å². The van der Waals surface area contributed by atoms with E-state index in [0.717, 1.165) is 42.9 Å². The van der Waals surface area contributed by atoms with Gasteiger partial charge < -0.3 is 14.7 Å². The number of allylic oxidation sites excluding steroid dienone is 4. The third-order valence-corrected chi connectivity index (χ3v) is 6.90. The van der Waals surface area contributed by atoms with Gasteiger partial charge in [-0.15, -0.1) is 0 Å². The summed E-state index contributed by atoms with van der Waals surface area (Å²) in [5.74, 6) is 0.371. The van der Waals surface area contributed by atoms with Crippen molar-refractivity contribution in [2.75, 3.05) is 18.6 Å². The number of aromatic nitrogens is 1.